The van der Waals surface area contributed by atoms with Gasteiger partial charge in [-0.1, -0.05) is 24.3 Å². The first-order valence-electron chi connectivity index (χ1n) is 9.07. The molecule has 2 amide bonds. The van der Waals surface area contributed by atoms with Crippen molar-refractivity contribution in [3.8, 4) is 0 Å². The number of carbonyl (C=O) groups excluding carboxylic acids is 2. The predicted molar refractivity (Wildman–Crippen MR) is 103 cm³/mol. The third-order valence-corrected chi connectivity index (χ3v) is 5.69. The van der Waals surface area contributed by atoms with Crippen LogP contribution in [0.4, 0.5) is 10.1 Å². The van der Waals surface area contributed by atoms with E-state index in [4.69, 9.17) is 4.18 Å². The van der Waals surface area contributed by atoms with E-state index in [1.165, 1.54) is 21.9 Å². The van der Waals surface area contributed by atoms with Crippen molar-refractivity contribution in [2.45, 2.75) is 25.1 Å². The van der Waals surface area contributed by atoms with Gasteiger partial charge < -0.3 is 9.80 Å². The monoisotopic (exact) mass is 418 g/mol. The molecule has 152 valence electrons. The van der Waals surface area contributed by atoms with Gasteiger partial charge in [-0.05, 0) is 29.8 Å². The summed E-state index contributed by atoms with van der Waals surface area (Å²) in [5, 5.41) is 0. The van der Waals surface area contributed by atoms with Crippen molar-refractivity contribution in [3.05, 3.63) is 65.5 Å². The molecule has 4 rings (SSSR count). The molecule has 7 nitrogen and oxygen atoms in total. The lowest BCUT2D eigenvalue weighted by Gasteiger charge is -2.25. The second-order valence-corrected chi connectivity index (χ2v) is 8.80. The molecule has 0 aromatic heterocycles. The first kappa shape index (κ1) is 19.5. The van der Waals surface area contributed by atoms with Crippen LogP contribution in [0.1, 0.15) is 22.3 Å². The zero-order valence-corrected chi connectivity index (χ0v) is 16.4. The Labute approximate surface area is 167 Å². The van der Waals surface area contributed by atoms with Crippen LogP contribution in [0.2, 0.25) is 0 Å². The topological polar surface area (TPSA) is 84.0 Å². The molecular formula is C20H19FN2O5S. The lowest BCUT2D eigenvalue weighted by molar-refractivity contribution is -0.122. The molecule has 2 aromatic carbocycles. The molecular weight excluding hydrogens is 399 g/mol. The van der Waals surface area contributed by atoms with Gasteiger partial charge in [0.1, 0.15) is 11.9 Å². The summed E-state index contributed by atoms with van der Waals surface area (Å²) in [6.45, 7) is 0.173. The number of fused-ring (bicyclic) bond motifs is 2. The normalized spacial score (nSPS) is 21.7. The van der Waals surface area contributed by atoms with E-state index in [1.807, 2.05) is 0 Å². The van der Waals surface area contributed by atoms with E-state index in [1.54, 1.807) is 36.4 Å². The van der Waals surface area contributed by atoms with E-state index < -0.39 is 22.3 Å². The van der Waals surface area contributed by atoms with Crippen LogP contribution >= 0.6 is 0 Å². The quantitative estimate of drug-likeness (QED) is 0.709. The van der Waals surface area contributed by atoms with Gasteiger partial charge in [0.15, 0.2) is 0 Å². The molecule has 0 saturated carbocycles. The zero-order chi connectivity index (χ0) is 20.8. The Morgan fingerprint density at radius 1 is 1.10 bits per heavy atom. The lowest BCUT2D eigenvalue weighted by Crippen LogP contribution is -2.44. The average molecular weight is 418 g/mol. The summed E-state index contributed by atoms with van der Waals surface area (Å²) in [5.74, 6) is -1.05. The maximum atomic E-state index is 13.4. The number of amides is 2. The Morgan fingerprint density at radius 2 is 1.79 bits per heavy atom. The van der Waals surface area contributed by atoms with Crippen molar-refractivity contribution < 1.29 is 26.6 Å². The van der Waals surface area contributed by atoms with Crippen LogP contribution < -0.4 is 4.90 Å². The summed E-state index contributed by atoms with van der Waals surface area (Å²) in [4.78, 5) is 29.4. The van der Waals surface area contributed by atoms with Crippen LogP contribution in [0.15, 0.2) is 48.5 Å². The third-order valence-electron chi connectivity index (χ3n) is 5.06. The molecule has 0 radical (unpaired) electrons. The van der Waals surface area contributed by atoms with E-state index in [9.17, 15) is 22.4 Å². The fraction of sp³-hybridized carbons (Fsp3) is 0.300. The number of benzene rings is 2. The Morgan fingerprint density at radius 3 is 2.48 bits per heavy atom. The molecule has 2 aliphatic rings. The van der Waals surface area contributed by atoms with Gasteiger partial charge in [0.05, 0.1) is 30.2 Å². The number of hydrogen-bond acceptors (Lipinski definition) is 5. The van der Waals surface area contributed by atoms with Crippen molar-refractivity contribution in [3.63, 3.8) is 0 Å². The number of nitrogens with zero attached hydrogens (tertiary/aromatic N) is 2. The van der Waals surface area contributed by atoms with Gasteiger partial charge in [-0.2, -0.15) is 8.42 Å². The highest BCUT2D eigenvalue weighted by Gasteiger charge is 2.46. The average Bonchev–Trinajstić information content (AvgIpc) is 3.05. The van der Waals surface area contributed by atoms with E-state index in [0.29, 0.717) is 16.8 Å². The second-order valence-electron chi connectivity index (χ2n) is 7.20. The van der Waals surface area contributed by atoms with Crippen molar-refractivity contribution in [2.24, 2.45) is 0 Å². The summed E-state index contributed by atoms with van der Waals surface area (Å²) in [6.07, 6.45) is 0.253. The van der Waals surface area contributed by atoms with Crippen LogP contribution in [0.5, 0.6) is 0 Å². The molecule has 1 saturated heterocycles. The Bertz CT molecular complexity index is 1070. The minimum absolute atomic E-state index is 0.0149. The van der Waals surface area contributed by atoms with E-state index in [0.717, 1.165) is 6.26 Å². The summed E-state index contributed by atoms with van der Waals surface area (Å²) >= 11 is 0. The fourth-order valence-electron chi connectivity index (χ4n) is 3.85. The number of rotatable bonds is 4. The van der Waals surface area contributed by atoms with E-state index in [-0.39, 0.29) is 37.1 Å². The smallest absolute Gasteiger partial charge is 0.264 e. The van der Waals surface area contributed by atoms with Gasteiger partial charge in [-0.3, -0.25) is 13.8 Å². The Balaban J connectivity index is 1.72. The summed E-state index contributed by atoms with van der Waals surface area (Å²) < 4.78 is 41.3. The number of halogens is 1. The zero-order valence-electron chi connectivity index (χ0n) is 15.6. The summed E-state index contributed by atoms with van der Waals surface area (Å²) in [7, 11) is -3.72. The van der Waals surface area contributed by atoms with Crippen molar-refractivity contribution in [1.82, 2.24) is 4.90 Å². The maximum Gasteiger partial charge on any atom is 0.264 e. The van der Waals surface area contributed by atoms with Gasteiger partial charge >= 0.3 is 0 Å². The fourth-order valence-corrected chi connectivity index (χ4v) is 4.49. The van der Waals surface area contributed by atoms with Crippen LogP contribution in [-0.2, 0) is 25.6 Å². The standard InChI is InChI=1S/C20H19FN2O5S/c1-29(26,27)28-15-10-18-20(25)22(11-13-6-8-14(21)9-7-13)17-5-3-2-4-16(17)19(24)23(18)12-15/h2-9,15,18H,10-12H2,1H3/t15-,18+/m1/s1. The Kier molecular flexibility index (Phi) is 4.87. The molecule has 1 fully saturated rings. The van der Waals surface area contributed by atoms with Crippen LogP contribution in [0.25, 0.3) is 0 Å². The second kappa shape index (κ2) is 7.23. The molecule has 0 bridgehead atoms. The van der Waals surface area contributed by atoms with E-state index in [2.05, 4.69) is 0 Å². The number of hydrogen-bond donors (Lipinski definition) is 0. The van der Waals surface area contributed by atoms with Crippen LogP contribution in [0.3, 0.4) is 0 Å². The summed E-state index contributed by atoms with van der Waals surface area (Å²) in [6, 6.07) is 11.7. The van der Waals surface area contributed by atoms with Gasteiger partial charge in [0, 0.05) is 13.0 Å². The van der Waals surface area contributed by atoms with Crippen molar-refractivity contribution in [1.29, 1.82) is 0 Å². The highest BCUT2D eigenvalue weighted by atomic mass is 32.2. The SMILES string of the molecule is CS(=O)(=O)O[C@@H]1C[C@H]2C(=O)N(Cc3ccc(F)cc3)c3ccccc3C(=O)N2C1. The Hall–Kier alpha value is -2.78. The maximum absolute atomic E-state index is 13.4. The molecule has 2 heterocycles. The van der Waals surface area contributed by atoms with Crippen LogP contribution in [-0.4, -0.2) is 50.1 Å². The minimum atomic E-state index is -3.72. The van der Waals surface area contributed by atoms with E-state index >= 15 is 0 Å². The van der Waals surface area contributed by atoms with Gasteiger partial charge in [0.25, 0.3) is 16.0 Å². The highest BCUT2D eigenvalue weighted by Crippen LogP contribution is 2.34. The first-order chi connectivity index (χ1) is 13.7. The van der Waals surface area contributed by atoms with Crippen molar-refractivity contribution in [2.75, 3.05) is 17.7 Å². The summed E-state index contributed by atoms with van der Waals surface area (Å²) in [5.41, 5.74) is 1.53. The molecule has 2 atom stereocenters. The predicted octanol–water partition coefficient (Wildman–Crippen LogP) is 1.93. The van der Waals surface area contributed by atoms with Crippen molar-refractivity contribution >= 4 is 27.6 Å². The van der Waals surface area contributed by atoms with Gasteiger partial charge in [-0.25, -0.2) is 4.39 Å². The van der Waals surface area contributed by atoms with Gasteiger partial charge in [-0.15, -0.1) is 0 Å². The molecule has 0 unspecified atom stereocenters. The lowest BCUT2D eigenvalue weighted by atomic mass is 10.1. The highest BCUT2D eigenvalue weighted by molar-refractivity contribution is 7.86. The molecule has 0 aliphatic carbocycles. The largest absolute Gasteiger partial charge is 0.324 e. The number of para-hydroxylation sites is 1. The van der Waals surface area contributed by atoms with Gasteiger partial charge in [0.2, 0.25) is 5.91 Å². The molecule has 2 aliphatic heterocycles. The number of anilines is 1. The minimum Gasteiger partial charge on any atom is -0.324 e. The first-order valence-corrected chi connectivity index (χ1v) is 10.9. The molecule has 0 spiro atoms. The molecule has 2 aromatic rings. The number of carbonyl (C=O) groups is 2. The molecule has 29 heavy (non-hydrogen) atoms. The molecule has 0 N–H and O–H groups in total. The molecule has 9 heteroatoms. The third kappa shape index (κ3) is 3.88. The van der Waals surface area contributed by atoms with Crippen LogP contribution in [0, 0.1) is 5.82 Å².